The van der Waals surface area contributed by atoms with Gasteiger partial charge < -0.3 is 14.8 Å². The van der Waals surface area contributed by atoms with E-state index in [-0.39, 0.29) is 35.9 Å². The minimum atomic E-state index is -0.216. The van der Waals surface area contributed by atoms with Crippen molar-refractivity contribution in [2.24, 2.45) is 5.92 Å². The van der Waals surface area contributed by atoms with Gasteiger partial charge in [-0.15, -0.1) is 0 Å². The highest BCUT2D eigenvalue weighted by molar-refractivity contribution is 5.95. The molecule has 8 heteroatoms. The molecule has 1 N–H and O–H groups in total. The zero-order chi connectivity index (χ0) is 22.1. The van der Waals surface area contributed by atoms with E-state index in [2.05, 4.69) is 9.97 Å². The molecule has 0 bridgehead atoms. The topological polar surface area (TPSA) is 99.3 Å². The lowest BCUT2D eigenvalue weighted by Gasteiger charge is -2.30. The highest BCUT2D eigenvalue weighted by Crippen LogP contribution is 2.32. The predicted octanol–water partition coefficient (Wildman–Crippen LogP) is 2.38. The quantitative estimate of drug-likeness (QED) is 0.814. The van der Waals surface area contributed by atoms with Crippen LogP contribution in [0.3, 0.4) is 0 Å². The molecule has 1 fully saturated rings. The smallest absolute Gasteiger partial charge is 0.256 e. The molecule has 4 rings (SSSR count). The number of amides is 2. The fraction of sp³-hybridized carbons (Fsp3) is 0.522. The second kappa shape index (κ2) is 8.61. The van der Waals surface area contributed by atoms with Gasteiger partial charge in [0, 0.05) is 43.4 Å². The molecule has 31 heavy (non-hydrogen) atoms. The number of fused-ring (bicyclic) bond motifs is 1. The summed E-state index contributed by atoms with van der Waals surface area (Å²) in [6.45, 7) is 7.24. The molecule has 2 aromatic heterocycles. The maximum atomic E-state index is 12.9. The molecule has 2 aliphatic heterocycles. The van der Waals surface area contributed by atoms with Crippen LogP contribution < -0.4 is 5.56 Å². The molecular formula is C23H29N5O3. The predicted molar refractivity (Wildman–Crippen MR) is 115 cm³/mol. The SMILES string of the molecule is CC[C@H](C)C(=O)N1CCC[C@@H]1c1nc2c(c(=O)[nH]1)CN(C(=O)c1ccncc1C)CC2. The van der Waals surface area contributed by atoms with Gasteiger partial charge in [0.25, 0.3) is 11.5 Å². The summed E-state index contributed by atoms with van der Waals surface area (Å²) in [4.78, 5) is 53.9. The van der Waals surface area contributed by atoms with Crippen molar-refractivity contribution in [3.63, 3.8) is 0 Å². The highest BCUT2D eigenvalue weighted by Gasteiger charge is 2.35. The van der Waals surface area contributed by atoms with Gasteiger partial charge in [0.2, 0.25) is 5.91 Å². The fourth-order valence-corrected chi connectivity index (χ4v) is 4.43. The molecule has 2 aliphatic rings. The molecule has 1 saturated heterocycles. The van der Waals surface area contributed by atoms with Crippen molar-refractivity contribution in [3.8, 4) is 0 Å². The molecule has 0 spiro atoms. The summed E-state index contributed by atoms with van der Waals surface area (Å²) in [7, 11) is 0. The maximum Gasteiger partial charge on any atom is 0.256 e. The van der Waals surface area contributed by atoms with Crippen molar-refractivity contribution >= 4 is 11.8 Å². The monoisotopic (exact) mass is 423 g/mol. The van der Waals surface area contributed by atoms with Crippen molar-refractivity contribution in [1.29, 1.82) is 0 Å². The van der Waals surface area contributed by atoms with Crippen LogP contribution in [0.4, 0.5) is 0 Å². The molecule has 0 unspecified atom stereocenters. The first-order chi connectivity index (χ1) is 14.9. The van der Waals surface area contributed by atoms with Gasteiger partial charge in [-0.3, -0.25) is 19.4 Å². The molecule has 8 nitrogen and oxygen atoms in total. The van der Waals surface area contributed by atoms with E-state index in [1.54, 1.807) is 23.4 Å². The summed E-state index contributed by atoms with van der Waals surface area (Å²) >= 11 is 0. The first kappa shape index (κ1) is 21.2. The molecule has 0 aliphatic carbocycles. The Kier molecular flexibility index (Phi) is 5.89. The lowest BCUT2D eigenvalue weighted by atomic mass is 10.0. The van der Waals surface area contributed by atoms with Crippen LogP contribution in [0.15, 0.2) is 23.3 Å². The number of aryl methyl sites for hydroxylation is 1. The molecule has 0 radical (unpaired) electrons. The van der Waals surface area contributed by atoms with Crippen LogP contribution in [0.2, 0.25) is 0 Å². The van der Waals surface area contributed by atoms with Crippen LogP contribution in [0.1, 0.15) is 72.2 Å². The number of hydrogen-bond donors (Lipinski definition) is 1. The average molecular weight is 424 g/mol. The average Bonchev–Trinajstić information content (AvgIpc) is 3.27. The van der Waals surface area contributed by atoms with Gasteiger partial charge in [-0.2, -0.15) is 0 Å². The van der Waals surface area contributed by atoms with Crippen molar-refractivity contribution < 1.29 is 9.59 Å². The van der Waals surface area contributed by atoms with E-state index >= 15 is 0 Å². The number of pyridine rings is 1. The van der Waals surface area contributed by atoms with Crippen LogP contribution >= 0.6 is 0 Å². The zero-order valence-corrected chi connectivity index (χ0v) is 18.4. The Bertz CT molecular complexity index is 1060. The molecular weight excluding hydrogens is 394 g/mol. The van der Waals surface area contributed by atoms with Crippen LogP contribution in [0, 0.1) is 12.8 Å². The number of likely N-dealkylation sites (tertiary alicyclic amines) is 1. The Morgan fingerprint density at radius 1 is 1.32 bits per heavy atom. The Morgan fingerprint density at radius 2 is 2.13 bits per heavy atom. The van der Waals surface area contributed by atoms with Crippen molar-refractivity contribution in [2.75, 3.05) is 13.1 Å². The third kappa shape index (κ3) is 3.98. The number of aromatic nitrogens is 3. The first-order valence-electron chi connectivity index (χ1n) is 11.0. The van der Waals surface area contributed by atoms with E-state index in [0.29, 0.717) is 36.5 Å². The standard InChI is InChI=1S/C23H29N5O3/c1-4-14(2)22(30)28-10-5-6-19(28)20-25-18-8-11-27(13-17(18)21(29)26-20)23(31)16-7-9-24-12-15(16)3/h7,9,12,14,19H,4-6,8,10-11,13H2,1-3H3,(H,25,26,29)/t14-,19+/m0/s1. The van der Waals surface area contributed by atoms with Crippen molar-refractivity contribution in [3.05, 3.63) is 57.0 Å². The normalized spacial score (nSPS) is 19.3. The largest absolute Gasteiger partial charge is 0.334 e. The second-order valence-corrected chi connectivity index (χ2v) is 8.54. The number of H-pyrrole nitrogens is 1. The van der Waals surface area contributed by atoms with Gasteiger partial charge in [-0.05, 0) is 37.8 Å². The van der Waals surface area contributed by atoms with Gasteiger partial charge >= 0.3 is 0 Å². The Hall–Kier alpha value is -3.03. The molecule has 0 aromatic carbocycles. The minimum absolute atomic E-state index is 0.0406. The van der Waals surface area contributed by atoms with Crippen LogP contribution in [-0.2, 0) is 17.8 Å². The molecule has 0 saturated carbocycles. The third-order valence-electron chi connectivity index (χ3n) is 6.51. The minimum Gasteiger partial charge on any atom is -0.334 e. The van der Waals surface area contributed by atoms with Gasteiger partial charge in [0.05, 0.1) is 23.8 Å². The lowest BCUT2D eigenvalue weighted by molar-refractivity contribution is -0.136. The summed E-state index contributed by atoms with van der Waals surface area (Å²) in [5, 5.41) is 0. The zero-order valence-electron chi connectivity index (χ0n) is 18.4. The van der Waals surface area contributed by atoms with Crippen molar-refractivity contribution in [1.82, 2.24) is 24.8 Å². The summed E-state index contributed by atoms with van der Waals surface area (Å²) in [5.74, 6) is 0.550. The van der Waals surface area contributed by atoms with Crippen LogP contribution in [-0.4, -0.2) is 49.7 Å². The Morgan fingerprint density at radius 3 is 2.87 bits per heavy atom. The molecule has 2 aromatic rings. The number of nitrogens with one attached hydrogen (secondary N) is 1. The molecule has 2 atom stereocenters. The number of hydrogen-bond acceptors (Lipinski definition) is 5. The highest BCUT2D eigenvalue weighted by atomic mass is 16.2. The summed E-state index contributed by atoms with van der Waals surface area (Å²) < 4.78 is 0. The van der Waals surface area contributed by atoms with E-state index < -0.39 is 0 Å². The fourth-order valence-electron chi connectivity index (χ4n) is 4.43. The third-order valence-corrected chi connectivity index (χ3v) is 6.51. The number of nitrogens with zero attached hydrogens (tertiary/aromatic N) is 4. The van der Waals surface area contributed by atoms with E-state index in [1.165, 1.54) is 0 Å². The first-order valence-corrected chi connectivity index (χ1v) is 11.0. The second-order valence-electron chi connectivity index (χ2n) is 8.54. The number of aromatic amines is 1. The lowest BCUT2D eigenvalue weighted by Crippen LogP contribution is -2.41. The van der Waals surface area contributed by atoms with E-state index in [4.69, 9.17) is 4.98 Å². The van der Waals surface area contributed by atoms with E-state index in [0.717, 1.165) is 30.5 Å². The van der Waals surface area contributed by atoms with Gasteiger partial charge in [-0.25, -0.2) is 4.98 Å². The van der Waals surface area contributed by atoms with Crippen LogP contribution in [0.5, 0.6) is 0 Å². The van der Waals surface area contributed by atoms with E-state index in [1.807, 2.05) is 25.7 Å². The van der Waals surface area contributed by atoms with E-state index in [9.17, 15) is 14.4 Å². The maximum absolute atomic E-state index is 12.9. The summed E-state index contributed by atoms with van der Waals surface area (Å²) in [6.07, 6.45) is 6.29. The molecule has 2 amide bonds. The van der Waals surface area contributed by atoms with Crippen molar-refractivity contribution in [2.45, 2.75) is 59.0 Å². The van der Waals surface area contributed by atoms with Crippen LogP contribution in [0.25, 0.3) is 0 Å². The Balaban J connectivity index is 1.58. The number of carbonyl (C=O) groups is 2. The Labute approximate surface area is 181 Å². The number of carbonyl (C=O) groups excluding carboxylic acids is 2. The number of rotatable bonds is 4. The molecule has 4 heterocycles. The van der Waals surface area contributed by atoms with Gasteiger partial charge in [-0.1, -0.05) is 13.8 Å². The summed E-state index contributed by atoms with van der Waals surface area (Å²) in [6, 6.07) is 1.53. The van der Waals surface area contributed by atoms with Gasteiger partial charge in [0.15, 0.2) is 0 Å². The van der Waals surface area contributed by atoms with Gasteiger partial charge in [0.1, 0.15) is 5.82 Å². The molecule has 164 valence electrons. The summed E-state index contributed by atoms with van der Waals surface area (Å²) in [5.41, 5.74) is 2.47.